The van der Waals surface area contributed by atoms with Crippen molar-refractivity contribution in [1.82, 2.24) is 15.6 Å². The molecule has 2 saturated heterocycles. The van der Waals surface area contributed by atoms with Gasteiger partial charge in [-0.1, -0.05) is 0 Å². The van der Waals surface area contributed by atoms with Crippen LogP contribution in [0.3, 0.4) is 0 Å². The summed E-state index contributed by atoms with van der Waals surface area (Å²) in [5, 5.41) is 8.20. The first-order chi connectivity index (χ1) is 14.2. The normalized spacial score (nSPS) is 26.4. The summed E-state index contributed by atoms with van der Waals surface area (Å²) in [7, 11) is -3.17. The topological polar surface area (TPSA) is 155 Å². The Morgan fingerprint density at radius 2 is 2.07 bits per heavy atom. The van der Waals surface area contributed by atoms with Crippen molar-refractivity contribution in [3.63, 3.8) is 0 Å². The van der Waals surface area contributed by atoms with Gasteiger partial charge in [0, 0.05) is 38.6 Å². The minimum atomic E-state index is -3.17. The zero-order valence-electron chi connectivity index (χ0n) is 16.9. The lowest BCUT2D eigenvalue weighted by Crippen LogP contribution is -2.64. The van der Waals surface area contributed by atoms with Gasteiger partial charge in [0.15, 0.2) is 9.84 Å². The van der Waals surface area contributed by atoms with E-state index in [0.717, 1.165) is 6.42 Å². The van der Waals surface area contributed by atoms with Gasteiger partial charge in [-0.3, -0.25) is 20.4 Å². The van der Waals surface area contributed by atoms with Gasteiger partial charge in [-0.05, 0) is 18.9 Å². The number of piperidine rings is 1. The van der Waals surface area contributed by atoms with E-state index in [1.165, 1.54) is 12.5 Å². The standard InChI is InChI=1S/C18H30FN7O3S/c1-30(28,29)12-3-2-6-26(10-12)14-4-5-22-9-13(14)25-18(27)15(16(20)21)17-23-7-11(19)8-24-17/h4-5,9,11-12,15-17,23-24H,2-3,6-8,10,20-21H2,1H3,(H,25,27). The molecule has 2 unspecified atom stereocenters. The fraction of sp³-hybridized carbons (Fsp3) is 0.667. The molecule has 3 rings (SSSR count). The number of hydrogen-bond donors (Lipinski definition) is 5. The lowest BCUT2D eigenvalue weighted by atomic mass is 9.99. The average Bonchev–Trinajstić information content (AvgIpc) is 2.69. The summed E-state index contributed by atoms with van der Waals surface area (Å²) in [6, 6.07) is 1.74. The number of nitrogens with zero attached hydrogens (tertiary/aromatic N) is 2. The predicted molar refractivity (Wildman–Crippen MR) is 113 cm³/mol. The third-order valence-electron chi connectivity index (χ3n) is 5.58. The zero-order valence-corrected chi connectivity index (χ0v) is 17.7. The van der Waals surface area contributed by atoms with Gasteiger partial charge in [-0.2, -0.15) is 0 Å². The number of rotatable bonds is 6. The number of halogens is 1. The first kappa shape index (κ1) is 22.8. The van der Waals surface area contributed by atoms with Crippen LogP contribution < -0.4 is 32.3 Å². The second-order valence-corrected chi connectivity index (χ2v) is 10.2. The number of carbonyl (C=O) groups excluding carboxylic acids is 1. The van der Waals surface area contributed by atoms with Crippen molar-refractivity contribution in [1.29, 1.82) is 0 Å². The highest BCUT2D eigenvalue weighted by atomic mass is 32.2. The summed E-state index contributed by atoms with van der Waals surface area (Å²) in [4.78, 5) is 19.0. The Labute approximate surface area is 175 Å². The highest BCUT2D eigenvalue weighted by Crippen LogP contribution is 2.29. The molecule has 30 heavy (non-hydrogen) atoms. The SMILES string of the molecule is CS(=O)(=O)C1CCCN(c2ccncc2NC(=O)C(C(N)N)C2NCC(F)CN2)C1. The summed E-state index contributed by atoms with van der Waals surface area (Å²) in [6.07, 6.45) is 3.09. The molecule has 0 spiro atoms. The second-order valence-electron chi connectivity index (χ2n) is 7.92. The van der Waals surface area contributed by atoms with Crippen LogP contribution in [0.2, 0.25) is 0 Å². The number of nitrogens with one attached hydrogen (secondary N) is 3. The number of hydrogen-bond acceptors (Lipinski definition) is 9. The molecular weight excluding hydrogens is 413 g/mol. The van der Waals surface area contributed by atoms with Crippen LogP contribution in [0.15, 0.2) is 18.5 Å². The molecular formula is C18H30FN7O3S. The van der Waals surface area contributed by atoms with Gasteiger partial charge in [0.05, 0.1) is 41.1 Å². The monoisotopic (exact) mass is 443 g/mol. The zero-order chi connectivity index (χ0) is 21.9. The Morgan fingerprint density at radius 1 is 1.37 bits per heavy atom. The molecule has 1 aromatic rings. The van der Waals surface area contributed by atoms with E-state index in [1.807, 2.05) is 4.90 Å². The van der Waals surface area contributed by atoms with E-state index in [2.05, 4.69) is 20.9 Å². The van der Waals surface area contributed by atoms with Crippen molar-refractivity contribution < 1.29 is 17.6 Å². The van der Waals surface area contributed by atoms with Crippen LogP contribution >= 0.6 is 0 Å². The Morgan fingerprint density at radius 3 is 2.70 bits per heavy atom. The van der Waals surface area contributed by atoms with Crippen LogP contribution in [0.4, 0.5) is 15.8 Å². The summed E-state index contributed by atoms with van der Waals surface area (Å²) < 4.78 is 37.4. The Balaban J connectivity index is 1.77. The summed E-state index contributed by atoms with van der Waals surface area (Å²) in [5.41, 5.74) is 12.8. The summed E-state index contributed by atoms with van der Waals surface area (Å²) in [5.74, 6) is -1.28. The fourth-order valence-electron chi connectivity index (χ4n) is 3.94. The average molecular weight is 444 g/mol. The molecule has 1 aromatic heterocycles. The molecule has 2 atom stereocenters. The van der Waals surface area contributed by atoms with Crippen LogP contribution in [-0.2, 0) is 14.6 Å². The van der Waals surface area contributed by atoms with E-state index in [1.54, 1.807) is 12.3 Å². The molecule has 1 amide bonds. The van der Waals surface area contributed by atoms with E-state index in [4.69, 9.17) is 11.5 Å². The highest BCUT2D eigenvalue weighted by Gasteiger charge is 2.35. The number of aromatic nitrogens is 1. The fourth-order valence-corrected chi connectivity index (χ4v) is 4.98. The van der Waals surface area contributed by atoms with Crippen molar-refractivity contribution in [3.05, 3.63) is 18.5 Å². The van der Waals surface area contributed by atoms with E-state index in [-0.39, 0.29) is 13.1 Å². The van der Waals surface area contributed by atoms with E-state index in [0.29, 0.717) is 30.9 Å². The minimum Gasteiger partial charge on any atom is -0.368 e. The maximum absolute atomic E-state index is 13.4. The van der Waals surface area contributed by atoms with Gasteiger partial charge in [0.1, 0.15) is 6.17 Å². The second kappa shape index (κ2) is 9.52. The Kier molecular flexibility index (Phi) is 7.24. The van der Waals surface area contributed by atoms with Crippen molar-refractivity contribution in [2.75, 3.05) is 42.7 Å². The summed E-state index contributed by atoms with van der Waals surface area (Å²) >= 11 is 0. The van der Waals surface area contributed by atoms with Crippen LogP contribution in [0.5, 0.6) is 0 Å². The molecule has 0 saturated carbocycles. The molecule has 10 nitrogen and oxygen atoms in total. The molecule has 3 heterocycles. The van der Waals surface area contributed by atoms with Gasteiger partial charge >= 0.3 is 0 Å². The lowest BCUT2D eigenvalue weighted by Gasteiger charge is -2.36. The molecule has 2 aliphatic rings. The van der Waals surface area contributed by atoms with Crippen LogP contribution in [0.25, 0.3) is 0 Å². The number of amides is 1. The van der Waals surface area contributed by atoms with Crippen molar-refractivity contribution in [2.24, 2.45) is 17.4 Å². The Hall–Kier alpha value is -1.86. The Bertz CT molecular complexity index is 846. The van der Waals surface area contributed by atoms with Gasteiger partial charge in [0.2, 0.25) is 5.91 Å². The maximum atomic E-state index is 13.4. The molecule has 12 heteroatoms. The molecule has 7 N–H and O–H groups in total. The van der Waals surface area contributed by atoms with Crippen molar-refractivity contribution in [3.8, 4) is 0 Å². The minimum absolute atomic E-state index is 0.104. The van der Waals surface area contributed by atoms with Crippen molar-refractivity contribution in [2.45, 2.75) is 36.6 Å². The van der Waals surface area contributed by atoms with Gasteiger partial charge in [0.25, 0.3) is 0 Å². The smallest absolute Gasteiger partial charge is 0.233 e. The first-order valence-corrected chi connectivity index (χ1v) is 11.9. The van der Waals surface area contributed by atoms with Gasteiger partial charge in [-0.25, -0.2) is 12.8 Å². The molecule has 0 bridgehead atoms. The maximum Gasteiger partial charge on any atom is 0.233 e. The third-order valence-corrected chi connectivity index (χ3v) is 7.17. The number of sulfone groups is 1. The predicted octanol–water partition coefficient (Wildman–Crippen LogP) is -1.25. The quantitative estimate of drug-likeness (QED) is 0.339. The number of pyridine rings is 1. The number of carbonyl (C=O) groups is 1. The molecule has 168 valence electrons. The van der Waals surface area contributed by atoms with Crippen LogP contribution in [0, 0.1) is 5.92 Å². The number of anilines is 2. The molecule has 2 fully saturated rings. The van der Waals surface area contributed by atoms with Crippen LogP contribution in [-0.4, -0.2) is 75.5 Å². The van der Waals surface area contributed by atoms with Gasteiger partial charge in [-0.15, -0.1) is 0 Å². The van der Waals surface area contributed by atoms with E-state index in [9.17, 15) is 17.6 Å². The highest BCUT2D eigenvalue weighted by molar-refractivity contribution is 7.91. The summed E-state index contributed by atoms with van der Waals surface area (Å²) in [6.45, 7) is 1.22. The van der Waals surface area contributed by atoms with E-state index < -0.39 is 45.4 Å². The van der Waals surface area contributed by atoms with Gasteiger partial charge < -0.3 is 21.7 Å². The molecule has 2 aliphatic heterocycles. The first-order valence-electron chi connectivity index (χ1n) is 9.97. The largest absolute Gasteiger partial charge is 0.368 e. The van der Waals surface area contributed by atoms with Crippen LogP contribution in [0.1, 0.15) is 12.8 Å². The molecule has 0 aromatic carbocycles. The lowest BCUT2D eigenvalue weighted by molar-refractivity contribution is -0.122. The molecule has 0 aliphatic carbocycles. The number of nitrogens with two attached hydrogens (primary N) is 2. The number of alkyl halides is 1. The molecule has 0 radical (unpaired) electrons. The van der Waals surface area contributed by atoms with E-state index >= 15 is 0 Å². The van der Waals surface area contributed by atoms with Crippen molar-refractivity contribution >= 4 is 27.1 Å². The third kappa shape index (κ3) is 5.43.